The molecule has 0 spiro atoms. The van der Waals surface area contributed by atoms with E-state index in [-0.39, 0.29) is 18.1 Å². The minimum Gasteiger partial charge on any atom is -0.508 e. The maximum atomic E-state index is 13.4. The molecule has 1 aliphatic heterocycles. The maximum Gasteiger partial charge on any atom is 0.225 e. The zero-order valence-corrected chi connectivity index (χ0v) is 18.7. The zero-order valence-electron chi connectivity index (χ0n) is 17.2. The first kappa shape index (κ1) is 20.9. The summed E-state index contributed by atoms with van der Waals surface area (Å²) in [5.74, 6) is 0.110. The summed E-state index contributed by atoms with van der Waals surface area (Å²) >= 11 is 12.5. The molecule has 1 aromatic heterocycles. The SMILES string of the molecule is O=C(CCn1nc(Cl)c2ccccc21)N1CCc2ccccc2C1c1cc(Cl)ccc1O. The van der Waals surface area contributed by atoms with Crippen LogP contribution >= 0.6 is 23.2 Å². The molecule has 32 heavy (non-hydrogen) atoms. The second-order valence-corrected chi connectivity index (χ2v) is 8.72. The lowest BCUT2D eigenvalue weighted by atomic mass is 9.87. The number of nitrogens with zero attached hydrogens (tertiary/aromatic N) is 3. The van der Waals surface area contributed by atoms with Gasteiger partial charge in [-0.15, -0.1) is 0 Å². The van der Waals surface area contributed by atoms with Gasteiger partial charge in [-0.3, -0.25) is 9.48 Å². The van der Waals surface area contributed by atoms with Crippen molar-refractivity contribution in [2.24, 2.45) is 0 Å². The largest absolute Gasteiger partial charge is 0.508 e. The smallest absolute Gasteiger partial charge is 0.225 e. The van der Waals surface area contributed by atoms with Gasteiger partial charge in [0.05, 0.1) is 18.1 Å². The lowest BCUT2D eigenvalue weighted by Gasteiger charge is -2.38. The van der Waals surface area contributed by atoms with Gasteiger partial charge < -0.3 is 10.0 Å². The molecule has 1 aliphatic rings. The molecule has 7 heteroatoms. The predicted molar refractivity (Wildman–Crippen MR) is 126 cm³/mol. The molecule has 1 unspecified atom stereocenters. The Hall–Kier alpha value is -3.02. The van der Waals surface area contributed by atoms with E-state index in [9.17, 15) is 9.90 Å². The number of benzene rings is 3. The molecule has 0 bridgehead atoms. The standard InChI is InChI=1S/C25H21Cl2N3O2/c26-17-9-10-22(31)20(15-17)24-18-6-2-1-5-16(18)11-13-29(24)23(32)12-14-30-21-8-4-3-7-19(21)25(27)28-30/h1-10,15,24,31H,11-14H2. The fourth-order valence-electron chi connectivity index (χ4n) is 4.52. The highest BCUT2D eigenvalue weighted by Gasteiger charge is 2.33. The molecular formula is C25H21Cl2N3O2. The van der Waals surface area contributed by atoms with Gasteiger partial charge in [-0.05, 0) is 47.9 Å². The van der Waals surface area contributed by atoms with Crippen molar-refractivity contribution >= 4 is 40.0 Å². The van der Waals surface area contributed by atoms with Crippen LogP contribution in [0.5, 0.6) is 5.75 Å². The van der Waals surface area contributed by atoms with Gasteiger partial charge in [0, 0.05) is 28.9 Å². The van der Waals surface area contributed by atoms with Crippen LogP contribution < -0.4 is 0 Å². The molecule has 5 nitrogen and oxygen atoms in total. The summed E-state index contributed by atoms with van der Waals surface area (Å²) in [6.07, 6.45) is 1.03. The molecule has 0 saturated carbocycles. The van der Waals surface area contributed by atoms with Gasteiger partial charge in [0.2, 0.25) is 5.91 Å². The lowest BCUT2D eigenvalue weighted by molar-refractivity contribution is -0.133. The van der Waals surface area contributed by atoms with Crippen molar-refractivity contribution in [3.8, 4) is 5.75 Å². The molecule has 4 aromatic rings. The van der Waals surface area contributed by atoms with E-state index in [1.165, 1.54) is 5.56 Å². The van der Waals surface area contributed by atoms with Crippen molar-refractivity contribution in [1.29, 1.82) is 0 Å². The Morgan fingerprint density at radius 1 is 1.03 bits per heavy atom. The quantitative estimate of drug-likeness (QED) is 0.425. The van der Waals surface area contributed by atoms with Crippen LogP contribution in [0, 0.1) is 0 Å². The van der Waals surface area contributed by atoms with E-state index in [4.69, 9.17) is 23.2 Å². The third-order valence-electron chi connectivity index (χ3n) is 6.04. The number of para-hydroxylation sites is 1. The molecule has 1 atom stereocenters. The number of carbonyl (C=O) groups is 1. The van der Waals surface area contributed by atoms with Gasteiger partial charge in [-0.2, -0.15) is 5.10 Å². The Bertz CT molecular complexity index is 1320. The Kier molecular flexibility index (Phi) is 5.53. The van der Waals surface area contributed by atoms with E-state index in [1.807, 2.05) is 47.4 Å². The fourth-order valence-corrected chi connectivity index (χ4v) is 4.95. The number of phenolic OH excluding ortho intramolecular Hbond substituents is 1. The van der Waals surface area contributed by atoms with Crippen molar-refractivity contribution in [3.05, 3.63) is 93.6 Å². The number of rotatable bonds is 4. The molecule has 1 amide bonds. The summed E-state index contributed by atoms with van der Waals surface area (Å²) in [7, 11) is 0. The van der Waals surface area contributed by atoms with Gasteiger partial charge in [-0.25, -0.2) is 0 Å². The van der Waals surface area contributed by atoms with Crippen molar-refractivity contribution < 1.29 is 9.90 Å². The van der Waals surface area contributed by atoms with Crippen LogP contribution in [0.4, 0.5) is 0 Å². The normalized spacial score (nSPS) is 15.7. The van der Waals surface area contributed by atoms with Crippen LogP contribution in [0.3, 0.4) is 0 Å². The summed E-state index contributed by atoms with van der Waals surface area (Å²) < 4.78 is 1.78. The van der Waals surface area contributed by atoms with Gasteiger partial charge in [0.1, 0.15) is 5.75 Å². The summed E-state index contributed by atoms with van der Waals surface area (Å²) in [5, 5.41) is 16.8. The van der Waals surface area contributed by atoms with Crippen LogP contribution in [0.2, 0.25) is 10.2 Å². The Balaban J connectivity index is 1.47. The molecule has 162 valence electrons. The third kappa shape index (κ3) is 3.72. The van der Waals surface area contributed by atoms with E-state index in [1.54, 1.807) is 22.9 Å². The van der Waals surface area contributed by atoms with Crippen LogP contribution in [0.1, 0.15) is 29.2 Å². The number of hydrogen-bond acceptors (Lipinski definition) is 3. The van der Waals surface area contributed by atoms with E-state index < -0.39 is 6.04 Å². The number of amides is 1. The van der Waals surface area contributed by atoms with Crippen LogP contribution in [-0.4, -0.2) is 32.2 Å². The van der Waals surface area contributed by atoms with Crippen molar-refractivity contribution in [3.63, 3.8) is 0 Å². The molecule has 0 saturated heterocycles. The molecule has 3 aromatic carbocycles. The number of hydrogen-bond donors (Lipinski definition) is 1. The van der Waals surface area contributed by atoms with Crippen LogP contribution in [0.25, 0.3) is 10.9 Å². The fraction of sp³-hybridized carbons (Fsp3) is 0.200. The molecular weight excluding hydrogens is 445 g/mol. The minimum atomic E-state index is -0.399. The summed E-state index contributed by atoms with van der Waals surface area (Å²) in [6.45, 7) is 0.978. The number of halogens is 2. The van der Waals surface area contributed by atoms with E-state index in [2.05, 4.69) is 11.2 Å². The second-order valence-electron chi connectivity index (χ2n) is 7.92. The van der Waals surface area contributed by atoms with Crippen molar-refractivity contribution in [2.75, 3.05) is 6.54 Å². The topological polar surface area (TPSA) is 58.4 Å². The Labute approximate surface area is 195 Å². The lowest BCUT2D eigenvalue weighted by Crippen LogP contribution is -2.41. The molecule has 0 fully saturated rings. The molecule has 0 radical (unpaired) electrons. The number of aromatic nitrogens is 2. The van der Waals surface area contributed by atoms with Gasteiger partial charge >= 0.3 is 0 Å². The monoisotopic (exact) mass is 465 g/mol. The first-order valence-electron chi connectivity index (χ1n) is 10.5. The summed E-state index contributed by atoms with van der Waals surface area (Å²) in [5.41, 5.74) is 3.71. The minimum absolute atomic E-state index is 0.0143. The summed E-state index contributed by atoms with van der Waals surface area (Å²) in [6, 6.07) is 20.3. The average Bonchev–Trinajstić information content (AvgIpc) is 3.14. The van der Waals surface area contributed by atoms with Crippen LogP contribution in [0.15, 0.2) is 66.7 Å². The van der Waals surface area contributed by atoms with Gasteiger partial charge in [0.25, 0.3) is 0 Å². The first-order valence-corrected chi connectivity index (χ1v) is 11.3. The van der Waals surface area contributed by atoms with Gasteiger partial charge in [0.15, 0.2) is 5.15 Å². The van der Waals surface area contributed by atoms with Gasteiger partial charge in [-0.1, -0.05) is 59.6 Å². The van der Waals surface area contributed by atoms with Crippen molar-refractivity contribution in [1.82, 2.24) is 14.7 Å². The molecule has 2 heterocycles. The molecule has 5 rings (SSSR count). The van der Waals surface area contributed by atoms with E-state index in [0.717, 1.165) is 22.9 Å². The van der Waals surface area contributed by atoms with E-state index >= 15 is 0 Å². The van der Waals surface area contributed by atoms with Crippen LogP contribution in [-0.2, 0) is 17.8 Å². The first-order chi connectivity index (χ1) is 15.5. The maximum absolute atomic E-state index is 13.4. The number of phenols is 1. The number of aryl methyl sites for hydroxylation is 1. The second kappa shape index (κ2) is 8.49. The number of fused-ring (bicyclic) bond motifs is 2. The van der Waals surface area contributed by atoms with Crippen molar-refractivity contribution in [2.45, 2.75) is 25.4 Å². The number of aromatic hydroxyl groups is 1. The Morgan fingerprint density at radius 2 is 1.81 bits per heavy atom. The third-order valence-corrected chi connectivity index (χ3v) is 6.55. The average molecular weight is 466 g/mol. The highest BCUT2D eigenvalue weighted by Crippen LogP contribution is 2.40. The van der Waals surface area contributed by atoms with E-state index in [0.29, 0.717) is 28.8 Å². The number of carbonyl (C=O) groups excluding carboxylic acids is 1. The highest BCUT2D eigenvalue weighted by atomic mass is 35.5. The summed E-state index contributed by atoms with van der Waals surface area (Å²) in [4.78, 5) is 15.3. The predicted octanol–water partition coefficient (Wildman–Crippen LogP) is 5.61. The molecule has 1 N–H and O–H groups in total. The Morgan fingerprint density at radius 3 is 2.69 bits per heavy atom. The highest BCUT2D eigenvalue weighted by molar-refractivity contribution is 6.34. The molecule has 0 aliphatic carbocycles. The zero-order chi connectivity index (χ0) is 22.2.